The second-order valence-corrected chi connectivity index (χ2v) is 8.52. The van der Waals surface area contributed by atoms with Crippen LogP contribution < -0.4 is 9.47 Å². The summed E-state index contributed by atoms with van der Waals surface area (Å²) in [4.78, 5) is 25.4. The number of hydrogen-bond acceptors (Lipinski definition) is 8. The van der Waals surface area contributed by atoms with E-state index in [1.807, 2.05) is 0 Å². The van der Waals surface area contributed by atoms with Gasteiger partial charge in [0.1, 0.15) is 11.4 Å². The lowest BCUT2D eigenvalue weighted by molar-refractivity contribution is -0.154. The third-order valence-corrected chi connectivity index (χ3v) is 4.62. The molecule has 2 aromatic rings. The van der Waals surface area contributed by atoms with Crippen LogP contribution >= 0.6 is 0 Å². The molecule has 0 fully saturated rings. The smallest absolute Gasteiger partial charge is 0.311 e. The molecule has 0 bridgehead atoms. The van der Waals surface area contributed by atoms with Crippen LogP contribution in [0.2, 0.25) is 0 Å². The van der Waals surface area contributed by atoms with Crippen molar-refractivity contribution in [2.24, 2.45) is 0 Å². The number of ketones is 1. The molecule has 3 N–H and O–H groups in total. The number of aliphatic hydroxyl groups is 1. The Morgan fingerprint density at radius 3 is 1.80 bits per heavy atom. The van der Waals surface area contributed by atoms with Crippen molar-refractivity contribution in [3.8, 4) is 23.0 Å². The van der Waals surface area contributed by atoms with Gasteiger partial charge in [-0.05, 0) is 68.3 Å². The van der Waals surface area contributed by atoms with Gasteiger partial charge in [0.2, 0.25) is 0 Å². The van der Waals surface area contributed by atoms with E-state index in [-0.39, 0.29) is 28.6 Å². The average molecular weight is 483 g/mol. The van der Waals surface area contributed by atoms with Gasteiger partial charge in [0.25, 0.3) is 0 Å². The number of allylic oxidation sites excluding steroid dienone is 2. The van der Waals surface area contributed by atoms with Gasteiger partial charge in [0, 0.05) is 0 Å². The molecule has 0 aliphatic heterocycles. The predicted molar refractivity (Wildman–Crippen MR) is 133 cm³/mol. The van der Waals surface area contributed by atoms with Crippen LogP contribution in [-0.4, -0.2) is 46.9 Å². The zero-order valence-corrected chi connectivity index (χ0v) is 20.4. The highest BCUT2D eigenvalue weighted by molar-refractivity contribution is 6.09. The first-order valence-electron chi connectivity index (χ1n) is 10.7. The number of carbonyl (C=O) groups is 2. The number of aromatic hydroxyl groups is 2. The quantitative estimate of drug-likeness (QED) is 0.198. The van der Waals surface area contributed by atoms with Crippen LogP contribution in [0, 0.1) is 0 Å². The molecule has 8 nitrogen and oxygen atoms in total. The number of carbonyl (C=O) groups excluding carboxylic acids is 2. The molecule has 0 spiro atoms. The Bertz CT molecular complexity index is 1170. The SMILES string of the molecule is COc1cc(/C=C/C(=O)/C(CC(=O)OC(C)(C)C)=C(O)/C=C/c2ccc(O)c(OC)c2)ccc1O. The predicted octanol–water partition coefficient (Wildman–Crippen LogP) is 4.95. The highest BCUT2D eigenvalue weighted by Crippen LogP contribution is 2.28. The summed E-state index contributed by atoms with van der Waals surface area (Å²) >= 11 is 0. The fourth-order valence-corrected chi connectivity index (χ4v) is 2.97. The highest BCUT2D eigenvalue weighted by atomic mass is 16.6. The lowest BCUT2D eigenvalue weighted by Crippen LogP contribution is -2.25. The standard InChI is InChI=1S/C27H30O8/c1-27(2,3)35-26(32)16-19(20(28)10-6-17-8-12-22(30)24(14-17)33-4)21(29)11-7-18-9-13-23(31)25(15-18)34-5/h6-15,28,30-31H,16H2,1-5H3/b10-6+,11-7+,20-19-. The fourth-order valence-electron chi connectivity index (χ4n) is 2.97. The van der Waals surface area contributed by atoms with Crippen LogP contribution in [0.4, 0.5) is 0 Å². The van der Waals surface area contributed by atoms with E-state index >= 15 is 0 Å². The maximum absolute atomic E-state index is 13.0. The lowest BCUT2D eigenvalue weighted by atomic mass is 10.0. The van der Waals surface area contributed by atoms with Crippen molar-refractivity contribution in [2.45, 2.75) is 32.8 Å². The Labute approximate surface area is 204 Å². The van der Waals surface area contributed by atoms with Gasteiger partial charge in [0.05, 0.1) is 26.2 Å². The summed E-state index contributed by atoms with van der Waals surface area (Å²) in [6.45, 7) is 5.10. The van der Waals surface area contributed by atoms with Crippen LogP contribution in [0.3, 0.4) is 0 Å². The summed E-state index contributed by atoms with van der Waals surface area (Å²) in [5.74, 6) is -1.30. The van der Waals surface area contributed by atoms with E-state index in [0.717, 1.165) is 0 Å². The minimum absolute atomic E-state index is 0.0406. The number of phenols is 2. The number of ether oxygens (including phenoxy) is 3. The molecule has 0 saturated heterocycles. The number of hydrogen-bond donors (Lipinski definition) is 3. The normalized spacial score (nSPS) is 12.5. The van der Waals surface area contributed by atoms with Gasteiger partial charge in [0.15, 0.2) is 28.8 Å². The molecule has 35 heavy (non-hydrogen) atoms. The van der Waals surface area contributed by atoms with E-state index in [1.165, 1.54) is 56.7 Å². The van der Waals surface area contributed by atoms with Crippen LogP contribution in [0.25, 0.3) is 12.2 Å². The van der Waals surface area contributed by atoms with Crippen LogP contribution in [-0.2, 0) is 14.3 Å². The fraction of sp³-hybridized carbons (Fsp3) is 0.259. The maximum atomic E-state index is 13.0. The molecule has 0 aliphatic carbocycles. The second kappa shape index (κ2) is 11.8. The Balaban J connectivity index is 2.38. The molecule has 0 heterocycles. The van der Waals surface area contributed by atoms with E-state index in [0.29, 0.717) is 11.1 Å². The number of esters is 1. The maximum Gasteiger partial charge on any atom is 0.311 e. The monoisotopic (exact) mass is 482 g/mol. The van der Waals surface area contributed by atoms with Gasteiger partial charge in [-0.15, -0.1) is 0 Å². The third-order valence-electron chi connectivity index (χ3n) is 4.62. The molecular formula is C27H30O8. The molecule has 0 radical (unpaired) electrons. The van der Waals surface area contributed by atoms with Crippen molar-refractivity contribution in [1.29, 1.82) is 0 Å². The van der Waals surface area contributed by atoms with Crippen molar-refractivity contribution in [2.75, 3.05) is 14.2 Å². The molecule has 0 atom stereocenters. The van der Waals surface area contributed by atoms with E-state index in [1.54, 1.807) is 39.0 Å². The van der Waals surface area contributed by atoms with Gasteiger partial charge < -0.3 is 29.5 Å². The number of benzene rings is 2. The van der Waals surface area contributed by atoms with E-state index < -0.39 is 29.5 Å². The third kappa shape index (κ3) is 8.26. The topological polar surface area (TPSA) is 123 Å². The van der Waals surface area contributed by atoms with E-state index in [9.17, 15) is 24.9 Å². The van der Waals surface area contributed by atoms with Crippen LogP contribution in [0.5, 0.6) is 23.0 Å². The average Bonchev–Trinajstić information content (AvgIpc) is 2.79. The van der Waals surface area contributed by atoms with Gasteiger partial charge in [-0.1, -0.05) is 24.3 Å². The first-order chi connectivity index (χ1) is 16.4. The minimum Gasteiger partial charge on any atom is -0.508 e. The number of methoxy groups -OCH3 is 2. The molecular weight excluding hydrogens is 452 g/mol. The van der Waals surface area contributed by atoms with Crippen LogP contribution in [0.1, 0.15) is 38.3 Å². The molecule has 0 amide bonds. The minimum atomic E-state index is -0.766. The Hall–Kier alpha value is -4.20. The zero-order valence-electron chi connectivity index (χ0n) is 20.4. The molecule has 0 unspecified atom stereocenters. The van der Waals surface area contributed by atoms with Crippen LogP contribution in [0.15, 0.2) is 59.9 Å². The number of rotatable bonds is 9. The highest BCUT2D eigenvalue weighted by Gasteiger charge is 2.21. The molecule has 2 aromatic carbocycles. The van der Waals surface area contributed by atoms with Gasteiger partial charge in [-0.3, -0.25) is 9.59 Å². The molecule has 0 aromatic heterocycles. The van der Waals surface area contributed by atoms with Crippen molar-refractivity contribution >= 4 is 23.9 Å². The summed E-state index contributed by atoms with van der Waals surface area (Å²) in [7, 11) is 2.82. The number of phenolic OH excluding ortho intramolecular Hbond substituents is 2. The summed E-state index contributed by atoms with van der Waals surface area (Å²) in [6.07, 6.45) is 5.02. The Morgan fingerprint density at radius 1 is 0.857 bits per heavy atom. The molecule has 8 heteroatoms. The summed E-state index contributed by atoms with van der Waals surface area (Å²) in [6, 6.07) is 9.11. The largest absolute Gasteiger partial charge is 0.508 e. The Kier molecular flexibility index (Phi) is 9.11. The number of aliphatic hydroxyl groups excluding tert-OH is 1. The van der Waals surface area contributed by atoms with Crippen molar-refractivity contribution in [3.63, 3.8) is 0 Å². The van der Waals surface area contributed by atoms with Gasteiger partial charge in [-0.2, -0.15) is 0 Å². The van der Waals surface area contributed by atoms with Crippen molar-refractivity contribution in [1.82, 2.24) is 0 Å². The summed E-state index contributed by atoms with van der Waals surface area (Å²) in [5, 5.41) is 30.1. The molecule has 2 rings (SSSR count). The van der Waals surface area contributed by atoms with Gasteiger partial charge >= 0.3 is 5.97 Å². The van der Waals surface area contributed by atoms with Gasteiger partial charge in [-0.25, -0.2) is 0 Å². The molecule has 0 saturated carbocycles. The summed E-state index contributed by atoms with van der Waals surface area (Å²) in [5.41, 5.74) is 0.221. The Morgan fingerprint density at radius 2 is 1.34 bits per heavy atom. The molecule has 0 aliphatic rings. The molecule has 186 valence electrons. The zero-order chi connectivity index (χ0) is 26.2. The van der Waals surface area contributed by atoms with E-state index in [4.69, 9.17) is 14.2 Å². The summed E-state index contributed by atoms with van der Waals surface area (Å²) < 4.78 is 15.4. The first-order valence-corrected chi connectivity index (χ1v) is 10.7. The second-order valence-electron chi connectivity index (χ2n) is 8.52. The lowest BCUT2D eigenvalue weighted by Gasteiger charge is -2.19. The van der Waals surface area contributed by atoms with Crippen molar-refractivity contribution in [3.05, 3.63) is 71.0 Å². The first kappa shape index (κ1) is 27.0. The van der Waals surface area contributed by atoms with Crippen molar-refractivity contribution < 1.29 is 39.1 Å². The van der Waals surface area contributed by atoms with E-state index in [2.05, 4.69) is 0 Å².